The molecule has 0 fully saturated rings. The third-order valence-corrected chi connectivity index (χ3v) is 4.33. The van der Waals surface area contributed by atoms with Gasteiger partial charge < -0.3 is 16.0 Å². The SMILES string of the molecule is CCCCn1c(N)c(N(CCC(=O)NC(=O)NC)CCC(C)C)c(=O)[nH]c1=O. The van der Waals surface area contributed by atoms with E-state index in [2.05, 4.69) is 15.6 Å². The van der Waals surface area contributed by atoms with Crippen LogP contribution in [0, 0.1) is 5.92 Å². The van der Waals surface area contributed by atoms with Gasteiger partial charge in [0.25, 0.3) is 5.56 Å². The Balaban J connectivity index is 3.15. The number of aromatic amines is 1. The van der Waals surface area contributed by atoms with Gasteiger partial charge >= 0.3 is 11.7 Å². The number of amides is 3. The molecule has 0 aromatic carbocycles. The van der Waals surface area contributed by atoms with Crippen LogP contribution in [-0.2, 0) is 11.3 Å². The second-order valence-corrected chi connectivity index (χ2v) is 7.05. The molecule has 0 aliphatic rings. The van der Waals surface area contributed by atoms with Gasteiger partial charge in [0.1, 0.15) is 11.5 Å². The Morgan fingerprint density at radius 3 is 2.50 bits per heavy atom. The zero-order valence-electron chi connectivity index (χ0n) is 17.1. The molecule has 10 nitrogen and oxygen atoms in total. The third-order valence-electron chi connectivity index (χ3n) is 4.33. The van der Waals surface area contributed by atoms with Gasteiger partial charge in [0.15, 0.2) is 0 Å². The molecule has 0 spiro atoms. The van der Waals surface area contributed by atoms with E-state index in [-0.39, 0.29) is 24.5 Å². The van der Waals surface area contributed by atoms with E-state index < -0.39 is 23.2 Å². The van der Waals surface area contributed by atoms with Crippen LogP contribution < -0.4 is 32.5 Å². The number of carbonyl (C=O) groups is 2. The molecule has 5 N–H and O–H groups in total. The normalized spacial score (nSPS) is 10.8. The van der Waals surface area contributed by atoms with Crippen molar-refractivity contribution >= 4 is 23.4 Å². The number of hydrogen-bond donors (Lipinski definition) is 4. The van der Waals surface area contributed by atoms with E-state index in [1.165, 1.54) is 11.6 Å². The molecule has 0 aliphatic carbocycles. The topological polar surface area (TPSA) is 142 Å². The number of anilines is 2. The molecule has 1 heterocycles. The van der Waals surface area contributed by atoms with Crippen molar-refractivity contribution in [2.24, 2.45) is 5.92 Å². The molecule has 0 radical (unpaired) electrons. The Bertz CT molecular complexity index is 783. The van der Waals surface area contributed by atoms with E-state index in [9.17, 15) is 19.2 Å². The molecule has 0 saturated heterocycles. The number of nitrogens with one attached hydrogen (secondary N) is 3. The second-order valence-electron chi connectivity index (χ2n) is 7.05. The van der Waals surface area contributed by atoms with Gasteiger partial charge in [-0.3, -0.25) is 24.5 Å². The summed E-state index contributed by atoms with van der Waals surface area (Å²) in [6, 6.07) is -0.593. The van der Waals surface area contributed by atoms with Gasteiger partial charge in [0, 0.05) is 33.1 Å². The fraction of sp³-hybridized carbons (Fsp3) is 0.667. The minimum atomic E-state index is -0.593. The van der Waals surface area contributed by atoms with Crippen LogP contribution in [0.4, 0.5) is 16.3 Å². The van der Waals surface area contributed by atoms with Crippen molar-refractivity contribution in [3.63, 3.8) is 0 Å². The van der Waals surface area contributed by atoms with Gasteiger partial charge in [-0.1, -0.05) is 27.2 Å². The van der Waals surface area contributed by atoms with E-state index in [0.717, 1.165) is 19.3 Å². The molecule has 1 aromatic rings. The van der Waals surface area contributed by atoms with Crippen molar-refractivity contribution in [1.29, 1.82) is 0 Å². The average molecular weight is 396 g/mol. The number of urea groups is 1. The molecule has 0 atom stereocenters. The van der Waals surface area contributed by atoms with Crippen molar-refractivity contribution in [2.45, 2.75) is 53.0 Å². The van der Waals surface area contributed by atoms with Crippen molar-refractivity contribution in [2.75, 3.05) is 30.8 Å². The van der Waals surface area contributed by atoms with E-state index in [0.29, 0.717) is 19.0 Å². The van der Waals surface area contributed by atoms with Crippen LogP contribution in [-0.4, -0.2) is 41.6 Å². The molecular weight excluding hydrogens is 364 g/mol. The zero-order valence-corrected chi connectivity index (χ0v) is 17.1. The number of nitrogens with two attached hydrogens (primary N) is 1. The number of imide groups is 1. The first-order valence-electron chi connectivity index (χ1n) is 9.60. The largest absolute Gasteiger partial charge is 0.383 e. The summed E-state index contributed by atoms with van der Waals surface area (Å²) >= 11 is 0. The summed E-state index contributed by atoms with van der Waals surface area (Å²) in [5, 5.41) is 4.50. The van der Waals surface area contributed by atoms with Crippen molar-refractivity contribution in [1.82, 2.24) is 20.2 Å². The van der Waals surface area contributed by atoms with E-state index in [4.69, 9.17) is 5.73 Å². The van der Waals surface area contributed by atoms with Crippen molar-refractivity contribution in [3.8, 4) is 0 Å². The Hall–Kier alpha value is -2.78. The Morgan fingerprint density at radius 2 is 1.93 bits per heavy atom. The third kappa shape index (κ3) is 6.75. The first-order chi connectivity index (χ1) is 13.2. The fourth-order valence-corrected chi connectivity index (χ4v) is 2.66. The highest BCUT2D eigenvalue weighted by Crippen LogP contribution is 2.19. The summed E-state index contributed by atoms with van der Waals surface area (Å²) in [5.41, 5.74) is 5.24. The molecule has 1 aromatic heterocycles. The Kier molecular flexibility index (Phi) is 9.26. The van der Waals surface area contributed by atoms with Crippen LogP contribution in [0.5, 0.6) is 0 Å². The molecule has 0 saturated carbocycles. The quantitative estimate of drug-likeness (QED) is 0.456. The first kappa shape index (κ1) is 23.3. The highest BCUT2D eigenvalue weighted by molar-refractivity contribution is 5.94. The van der Waals surface area contributed by atoms with E-state index in [1.807, 2.05) is 20.8 Å². The highest BCUT2D eigenvalue weighted by atomic mass is 16.2. The Morgan fingerprint density at radius 1 is 1.25 bits per heavy atom. The van der Waals surface area contributed by atoms with Gasteiger partial charge in [-0.15, -0.1) is 0 Å². The number of unbranched alkanes of at least 4 members (excludes halogenated alkanes) is 1. The molecule has 0 unspecified atom stereocenters. The van der Waals surface area contributed by atoms with Gasteiger partial charge in [-0.05, 0) is 18.8 Å². The maximum atomic E-state index is 12.5. The maximum absolute atomic E-state index is 12.5. The van der Waals surface area contributed by atoms with Crippen LogP contribution in [0.15, 0.2) is 9.59 Å². The maximum Gasteiger partial charge on any atom is 0.330 e. The van der Waals surface area contributed by atoms with Gasteiger partial charge in [-0.25, -0.2) is 9.59 Å². The number of H-pyrrole nitrogens is 1. The first-order valence-corrected chi connectivity index (χ1v) is 9.60. The van der Waals surface area contributed by atoms with Crippen molar-refractivity contribution in [3.05, 3.63) is 20.8 Å². The molecule has 3 amide bonds. The number of carbonyl (C=O) groups excluding carboxylic acids is 2. The molecule has 158 valence electrons. The van der Waals surface area contributed by atoms with Gasteiger partial charge in [-0.2, -0.15) is 0 Å². The molecular formula is C18H32N6O4. The van der Waals surface area contributed by atoms with Gasteiger partial charge in [0.05, 0.1) is 0 Å². The molecule has 10 heteroatoms. The fourth-order valence-electron chi connectivity index (χ4n) is 2.66. The summed E-state index contributed by atoms with van der Waals surface area (Å²) < 4.78 is 1.35. The summed E-state index contributed by atoms with van der Waals surface area (Å²) in [7, 11) is 1.41. The lowest BCUT2D eigenvalue weighted by Crippen LogP contribution is -2.42. The number of nitrogens with zero attached hydrogens (tertiary/aromatic N) is 2. The van der Waals surface area contributed by atoms with Crippen LogP contribution in [0.25, 0.3) is 0 Å². The summed E-state index contributed by atoms with van der Waals surface area (Å²) in [4.78, 5) is 51.9. The smallest absolute Gasteiger partial charge is 0.330 e. The minimum absolute atomic E-state index is 0.00151. The molecule has 0 bridgehead atoms. The predicted octanol–water partition coefficient (Wildman–Crippen LogP) is 0.617. The minimum Gasteiger partial charge on any atom is -0.383 e. The predicted molar refractivity (Wildman–Crippen MR) is 110 cm³/mol. The standard InChI is InChI=1S/C18H32N6O4/c1-5-6-9-24-15(19)14(16(26)22-18(24)28)23(10-7-12(2)3)11-8-13(25)21-17(27)20-4/h12H,5-11,19H2,1-4H3,(H,22,26,28)(H2,20,21,25,27). The molecule has 1 rings (SSSR count). The monoisotopic (exact) mass is 396 g/mol. The lowest BCUT2D eigenvalue weighted by Gasteiger charge is -2.26. The summed E-state index contributed by atoms with van der Waals surface area (Å²) in [6.07, 6.45) is 2.38. The highest BCUT2D eigenvalue weighted by Gasteiger charge is 2.20. The summed E-state index contributed by atoms with van der Waals surface area (Å²) in [5.74, 6) is -0.00522. The zero-order chi connectivity index (χ0) is 21.3. The van der Waals surface area contributed by atoms with Crippen LogP contribution in [0.1, 0.15) is 46.5 Å². The summed E-state index contributed by atoms with van der Waals surface area (Å²) in [6.45, 7) is 7.17. The van der Waals surface area contributed by atoms with Crippen LogP contribution in [0.2, 0.25) is 0 Å². The van der Waals surface area contributed by atoms with E-state index in [1.54, 1.807) is 4.90 Å². The Labute approximate surface area is 164 Å². The van der Waals surface area contributed by atoms with Gasteiger partial charge in [0.2, 0.25) is 5.91 Å². The number of hydrogen-bond acceptors (Lipinski definition) is 6. The lowest BCUT2D eigenvalue weighted by molar-refractivity contribution is -0.119. The molecule has 0 aliphatic heterocycles. The number of rotatable bonds is 10. The van der Waals surface area contributed by atoms with Crippen LogP contribution in [0.3, 0.4) is 0 Å². The average Bonchev–Trinajstić information content (AvgIpc) is 2.62. The van der Waals surface area contributed by atoms with E-state index >= 15 is 0 Å². The number of nitrogen functional groups attached to an aromatic ring is 1. The second kappa shape index (κ2) is 11.2. The number of aromatic nitrogens is 2. The van der Waals surface area contributed by atoms with Crippen molar-refractivity contribution < 1.29 is 9.59 Å². The molecule has 28 heavy (non-hydrogen) atoms. The van der Waals surface area contributed by atoms with Crippen LogP contribution >= 0.6 is 0 Å². The lowest BCUT2D eigenvalue weighted by atomic mass is 10.1.